The van der Waals surface area contributed by atoms with Crippen LogP contribution in [0, 0.1) is 0 Å². The van der Waals surface area contributed by atoms with Crippen LogP contribution in [0.4, 0.5) is 11.4 Å². The highest BCUT2D eigenvalue weighted by molar-refractivity contribution is 7.99. The number of hydrogen-bond acceptors (Lipinski definition) is 4. The second-order valence-electron chi connectivity index (χ2n) is 3.93. The van der Waals surface area contributed by atoms with Gasteiger partial charge in [0.05, 0.1) is 6.61 Å². The van der Waals surface area contributed by atoms with Crippen LogP contribution in [0.2, 0.25) is 0 Å². The number of nitrogens with one attached hydrogen (secondary N) is 1. The van der Waals surface area contributed by atoms with Gasteiger partial charge in [0.1, 0.15) is 5.75 Å². The van der Waals surface area contributed by atoms with Gasteiger partial charge in [0, 0.05) is 35.3 Å². The van der Waals surface area contributed by atoms with E-state index >= 15 is 0 Å². The van der Waals surface area contributed by atoms with E-state index in [0.29, 0.717) is 12.6 Å². The van der Waals surface area contributed by atoms with Gasteiger partial charge in [-0.3, -0.25) is 0 Å². The Morgan fingerprint density at radius 1 is 1.35 bits per heavy atom. The molecule has 0 saturated heterocycles. The number of thioether (sulfide) groups is 1. The lowest BCUT2D eigenvalue weighted by Gasteiger charge is -2.16. The van der Waals surface area contributed by atoms with E-state index in [2.05, 4.69) is 19.2 Å². The average Bonchev–Trinajstić information content (AvgIpc) is 2.26. The van der Waals surface area contributed by atoms with Crippen LogP contribution in [0.25, 0.3) is 0 Å². The van der Waals surface area contributed by atoms with Crippen molar-refractivity contribution in [3.05, 3.63) is 18.2 Å². The number of nitrogen functional groups attached to an aromatic ring is 1. The minimum atomic E-state index is 0.427. The van der Waals surface area contributed by atoms with Crippen molar-refractivity contribution in [1.82, 2.24) is 0 Å². The Morgan fingerprint density at radius 2 is 2.12 bits per heavy atom. The molecule has 1 unspecified atom stereocenters. The van der Waals surface area contributed by atoms with Gasteiger partial charge in [0.15, 0.2) is 0 Å². The third kappa shape index (κ3) is 5.22. The summed E-state index contributed by atoms with van der Waals surface area (Å²) in [5, 5.41) is 3.44. The minimum absolute atomic E-state index is 0.427. The summed E-state index contributed by atoms with van der Waals surface area (Å²) >= 11 is 1.93. The zero-order valence-electron chi connectivity index (χ0n) is 10.8. The summed E-state index contributed by atoms with van der Waals surface area (Å²) in [5.74, 6) is 3.06. The summed E-state index contributed by atoms with van der Waals surface area (Å²) in [6, 6.07) is 6.21. The molecule has 0 heterocycles. The predicted octanol–water partition coefficient (Wildman–Crippen LogP) is 3.22. The molecule has 1 aromatic carbocycles. The van der Waals surface area contributed by atoms with Gasteiger partial charge in [-0.25, -0.2) is 0 Å². The number of nitrogens with two attached hydrogens (primary N) is 1. The molecule has 1 atom stereocenters. The standard InChI is InChI=1S/C13H22N2OS/c1-4-16-13-7-11(14)6-12(8-13)15-10(3)9-17-5-2/h6-8,10,15H,4-5,9,14H2,1-3H3. The molecular formula is C13H22N2OS. The van der Waals surface area contributed by atoms with E-state index in [-0.39, 0.29) is 0 Å². The molecule has 0 saturated carbocycles. The maximum atomic E-state index is 5.84. The molecular weight excluding hydrogens is 232 g/mol. The highest BCUT2D eigenvalue weighted by Gasteiger charge is 2.04. The molecule has 0 fully saturated rings. The second-order valence-corrected chi connectivity index (χ2v) is 5.25. The first-order chi connectivity index (χ1) is 8.15. The smallest absolute Gasteiger partial charge is 0.123 e. The minimum Gasteiger partial charge on any atom is -0.494 e. The van der Waals surface area contributed by atoms with E-state index in [4.69, 9.17) is 10.5 Å². The SMILES string of the molecule is CCOc1cc(N)cc(NC(C)CSCC)c1. The summed E-state index contributed by atoms with van der Waals surface area (Å²) in [4.78, 5) is 0. The van der Waals surface area contributed by atoms with E-state index < -0.39 is 0 Å². The van der Waals surface area contributed by atoms with Crippen LogP contribution in [0.15, 0.2) is 18.2 Å². The van der Waals surface area contributed by atoms with Crippen LogP contribution in [-0.2, 0) is 0 Å². The highest BCUT2D eigenvalue weighted by Crippen LogP contribution is 2.23. The number of rotatable bonds is 7. The number of benzene rings is 1. The Kier molecular flexibility index (Phi) is 6.05. The van der Waals surface area contributed by atoms with Gasteiger partial charge in [-0.1, -0.05) is 6.92 Å². The van der Waals surface area contributed by atoms with Crippen molar-refractivity contribution in [3.63, 3.8) is 0 Å². The lowest BCUT2D eigenvalue weighted by atomic mass is 10.2. The van der Waals surface area contributed by atoms with Crippen molar-refractivity contribution in [2.75, 3.05) is 29.2 Å². The zero-order chi connectivity index (χ0) is 12.7. The lowest BCUT2D eigenvalue weighted by Crippen LogP contribution is -2.18. The maximum absolute atomic E-state index is 5.84. The molecule has 3 N–H and O–H groups in total. The molecule has 1 aromatic rings. The average molecular weight is 254 g/mol. The molecule has 0 radical (unpaired) electrons. The predicted molar refractivity (Wildman–Crippen MR) is 78.1 cm³/mol. The number of anilines is 2. The molecule has 96 valence electrons. The highest BCUT2D eigenvalue weighted by atomic mass is 32.2. The largest absolute Gasteiger partial charge is 0.494 e. The second kappa shape index (κ2) is 7.33. The van der Waals surface area contributed by atoms with Crippen LogP contribution < -0.4 is 15.8 Å². The van der Waals surface area contributed by atoms with E-state index in [9.17, 15) is 0 Å². The Bertz CT molecular complexity index is 344. The van der Waals surface area contributed by atoms with Gasteiger partial charge < -0.3 is 15.8 Å². The fraction of sp³-hybridized carbons (Fsp3) is 0.538. The summed E-state index contributed by atoms with van der Waals surface area (Å²) in [6.07, 6.45) is 0. The fourth-order valence-electron chi connectivity index (χ4n) is 1.58. The quantitative estimate of drug-likeness (QED) is 0.733. The van der Waals surface area contributed by atoms with Gasteiger partial charge >= 0.3 is 0 Å². The first-order valence-corrected chi connectivity index (χ1v) is 7.18. The van der Waals surface area contributed by atoms with Gasteiger partial charge in [-0.05, 0) is 25.7 Å². The Balaban J connectivity index is 2.63. The Hall–Kier alpha value is -1.03. The molecule has 0 spiro atoms. The molecule has 4 heteroatoms. The first-order valence-electron chi connectivity index (χ1n) is 6.03. The molecule has 0 amide bonds. The Morgan fingerprint density at radius 3 is 2.76 bits per heavy atom. The van der Waals surface area contributed by atoms with E-state index in [1.807, 2.05) is 36.9 Å². The topological polar surface area (TPSA) is 47.3 Å². The van der Waals surface area contributed by atoms with E-state index in [1.165, 1.54) is 0 Å². The number of hydrogen-bond donors (Lipinski definition) is 2. The molecule has 0 aliphatic rings. The van der Waals surface area contributed by atoms with Crippen LogP contribution in [0.3, 0.4) is 0 Å². The van der Waals surface area contributed by atoms with Gasteiger partial charge in [-0.2, -0.15) is 11.8 Å². The summed E-state index contributed by atoms with van der Waals surface area (Å²) in [5.41, 5.74) is 7.60. The van der Waals surface area contributed by atoms with Crippen molar-refractivity contribution < 1.29 is 4.74 Å². The zero-order valence-corrected chi connectivity index (χ0v) is 11.6. The first kappa shape index (κ1) is 14.0. The lowest BCUT2D eigenvalue weighted by molar-refractivity contribution is 0.340. The summed E-state index contributed by atoms with van der Waals surface area (Å²) < 4.78 is 5.46. The summed E-state index contributed by atoms with van der Waals surface area (Å²) in [6.45, 7) is 6.97. The maximum Gasteiger partial charge on any atom is 0.123 e. The van der Waals surface area contributed by atoms with Crippen molar-refractivity contribution in [1.29, 1.82) is 0 Å². The third-order valence-electron chi connectivity index (χ3n) is 2.22. The van der Waals surface area contributed by atoms with Crippen molar-refractivity contribution in [3.8, 4) is 5.75 Å². The third-order valence-corrected chi connectivity index (χ3v) is 3.37. The number of ether oxygens (including phenoxy) is 1. The van der Waals surface area contributed by atoms with Gasteiger partial charge in [0.2, 0.25) is 0 Å². The van der Waals surface area contributed by atoms with Crippen molar-refractivity contribution >= 4 is 23.1 Å². The van der Waals surface area contributed by atoms with E-state index in [1.54, 1.807) is 0 Å². The fourth-order valence-corrected chi connectivity index (χ4v) is 2.25. The molecule has 17 heavy (non-hydrogen) atoms. The normalized spacial score (nSPS) is 12.2. The van der Waals surface area contributed by atoms with Crippen LogP contribution >= 0.6 is 11.8 Å². The van der Waals surface area contributed by atoms with Crippen LogP contribution in [0.1, 0.15) is 20.8 Å². The van der Waals surface area contributed by atoms with Crippen molar-refractivity contribution in [2.45, 2.75) is 26.8 Å². The van der Waals surface area contributed by atoms with Gasteiger partial charge in [0.25, 0.3) is 0 Å². The Labute approximate surface area is 108 Å². The molecule has 0 aromatic heterocycles. The molecule has 0 aliphatic carbocycles. The van der Waals surface area contributed by atoms with Crippen molar-refractivity contribution in [2.24, 2.45) is 0 Å². The van der Waals surface area contributed by atoms with Gasteiger partial charge in [-0.15, -0.1) is 0 Å². The molecule has 0 aliphatic heterocycles. The molecule has 0 bridgehead atoms. The monoisotopic (exact) mass is 254 g/mol. The van der Waals surface area contributed by atoms with Crippen LogP contribution in [0.5, 0.6) is 5.75 Å². The van der Waals surface area contributed by atoms with E-state index in [0.717, 1.165) is 28.6 Å². The molecule has 3 nitrogen and oxygen atoms in total. The summed E-state index contributed by atoms with van der Waals surface area (Å²) in [7, 11) is 0. The molecule has 1 rings (SSSR count). The van der Waals surface area contributed by atoms with Crippen LogP contribution in [-0.4, -0.2) is 24.2 Å².